The minimum atomic E-state index is 0.167. The standard InChI is InChI=1S/C13H26OS2/c1-4-5-6-7-8-9-10-11-12(14)13(15-2)16-3/h13H,4-11H2,1-3H3. The van der Waals surface area contributed by atoms with E-state index in [9.17, 15) is 4.79 Å². The van der Waals surface area contributed by atoms with Crippen LogP contribution >= 0.6 is 23.5 Å². The van der Waals surface area contributed by atoms with Crippen molar-refractivity contribution in [3.63, 3.8) is 0 Å². The average molecular weight is 262 g/mol. The molecule has 0 aliphatic carbocycles. The molecule has 0 fully saturated rings. The summed E-state index contributed by atoms with van der Waals surface area (Å²) < 4.78 is 0.167. The van der Waals surface area contributed by atoms with Crippen LogP contribution in [0.15, 0.2) is 0 Å². The molecule has 3 heteroatoms. The van der Waals surface area contributed by atoms with Crippen LogP contribution in [0.1, 0.15) is 58.3 Å². The third kappa shape index (κ3) is 8.51. The maximum atomic E-state index is 11.7. The molecule has 0 heterocycles. The summed E-state index contributed by atoms with van der Waals surface area (Å²) in [4.78, 5) is 11.7. The number of unbranched alkanes of at least 4 members (excludes halogenated alkanes) is 6. The van der Waals surface area contributed by atoms with E-state index >= 15 is 0 Å². The van der Waals surface area contributed by atoms with Crippen LogP contribution in [0.2, 0.25) is 0 Å². The Hall–Kier alpha value is 0.370. The zero-order valence-electron chi connectivity index (χ0n) is 11.0. The lowest BCUT2D eigenvalue weighted by Gasteiger charge is -2.09. The minimum Gasteiger partial charge on any atom is -0.298 e. The highest BCUT2D eigenvalue weighted by Crippen LogP contribution is 2.22. The Balaban J connectivity index is 3.33. The van der Waals surface area contributed by atoms with Gasteiger partial charge in [-0.2, -0.15) is 0 Å². The minimum absolute atomic E-state index is 0.167. The lowest BCUT2D eigenvalue weighted by atomic mass is 10.1. The van der Waals surface area contributed by atoms with Gasteiger partial charge in [0.25, 0.3) is 0 Å². The average Bonchev–Trinajstić information content (AvgIpc) is 2.29. The molecule has 0 radical (unpaired) electrons. The van der Waals surface area contributed by atoms with E-state index in [1.807, 2.05) is 12.5 Å². The first-order chi connectivity index (χ1) is 7.76. The van der Waals surface area contributed by atoms with Crippen LogP contribution in [0.5, 0.6) is 0 Å². The van der Waals surface area contributed by atoms with Crippen LogP contribution in [0, 0.1) is 0 Å². The smallest absolute Gasteiger partial charge is 0.155 e. The molecular weight excluding hydrogens is 236 g/mol. The molecule has 0 unspecified atom stereocenters. The molecule has 0 bridgehead atoms. The van der Waals surface area contributed by atoms with E-state index in [1.165, 1.54) is 38.5 Å². The first-order valence-electron chi connectivity index (χ1n) is 6.34. The van der Waals surface area contributed by atoms with Gasteiger partial charge < -0.3 is 0 Å². The largest absolute Gasteiger partial charge is 0.298 e. The van der Waals surface area contributed by atoms with Gasteiger partial charge in [0.05, 0.1) is 0 Å². The van der Waals surface area contributed by atoms with Crippen LogP contribution < -0.4 is 0 Å². The molecule has 0 amide bonds. The van der Waals surface area contributed by atoms with E-state index in [2.05, 4.69) is 6.92 Å². The second-order valence-electron chi connectivity index (χ2n) is 4.14. The molecule has 0 aromatic rings. The number of ketones is 1. The van der Waals surface area contributed by atoms with Crippen molar-refractivity contribution in [2.75, 3.05) is 12.5 Å². The molecule has 16 heavy (non-hydrogen) atoms. The fourth-order valence-corrected chi connectivity index (χ4v) is 3.26. The molecule has 0 aliphatic heterocycles. The lowest BCUT2D eigenvalue weighted by molar-refractivity contribution is -0.117. The number of carbonyl (C=O) groups excluding carboxylic acids is 1. The van der Waals surface area contributed by atoms with Crippen molar-refractivity contribution < 1.29 is 4.79 Å². The molecule has 1 nitrogen and oxygen atoms in total. The topological polar surface area (TPSA) is 17.1 Å². The summed E-state index contributed by atoms with van der Waals surface area (Å²) in [5.74, 6) is 0.425. The van der Waals surface area contributed by atoms with E-state index in [0.29, 0.717) is 5.78 Å². The fourth-order valence-electron chi connectivity index (χ4n) is 1.73. The SMILES string of the molecule is CCCCCCCCCC(=O)C(SC)SC. The van der Waals surface area contributed by atoms with Crippen LogP contribution in [-0.2, 0) is 4.79 Å². The van der Waals surface area contributed by atoms with Gasteiger partial charge in [-0.3, -0.25) is 4.79 Å². The fraction of sp³-hybridized carbons (Fsp3) is 0.923. The maximum absolute atomic E-state index is 11.7. The van der Waals surface area contributed by atoms with Gasteiger partial charge in [-0.25, -0.2) is 0 Å². The molecule has 0 saturated heterocycles. The van der Waals surface area contributed by atoms with Crippen molar-refractivity contribution in [1.29, 1.82) is 0 Å². The molecule has 0 spiro atoms. The molecule has 0 aliphatic rings. The second kappa shape index (κ2) is 11.8. The summed E-state index contributed by atoms with van der Waals surface area (Å²) >= 11 is 3.33. The molecule has 0 N–H and O–H groups in total. The van der Waals surface area contributed by atoms with E-state index in [0.717, 1.165) is 12.8 Å². The van der Waals surface area contributed by atoms with Gasteiger partial charge >= 0.3 is 0 Å². The molecule has 0 rings (SSSR count). The zero-order chi connectivity index (χ0) is 12.2. The molecule has 96 valence electrons. The van der Waals surface area contributed by atoms with Crippen LogP contribution in [0.3, 0.4) is 0 Å². The van der Waals surface area contributed by atoms with Crippen molar-refractivity contribution >= 4 is 29.3 Å². The van der Waals surface area contributed by atoms with Crippen molar-refractivity contribution in [1.82, 2.24) is 0 Å². The first-order valence-corrected chi connectivity index (χ1v) is 8.92. The second-order valence-corrected chi connectivity index (χ2v) is 6.32. The normalized spacial score (nSPS) is 11.0. The van der Waals surface area contributed by atoms with Crippen LogP contribution in [-0.4, -0.2) is 22.9 Å². The predicted octanol–water partition coefficient (Wildman–Crippen LogP) is 4.75. The third-order valence-corrected chi connectivity index (χ3v) is 5.25. The summed E-state index contributed by atoms with van der Waals surface area (Å²) in [6, 6.07) is 0. The number of hydrogen-bond acceptors (Lipinski definition) is 3. The summed E-state index contributed by atoms with van der Waals surface area (Å²) in [5.41, 5.74) is 0. The van der Waals surface area contributed by atoms with Gasteiger partial charge in [-0.15, -0.1) is 23.5 Å². The van der Waals surface area contributed by atoms with Gasteiger partial charge in [-0.05, 0) is 18.9 Å². The van der Waals surface area contributed by atoms with Crippen molar-refractivity contribution in [3.8, 4) is 0 Å². The number of hydrogen-bond donors (Lipinski definition) is 0. The highest BCUT2D eigenvalue weighted by Gasteiger charge is 2.14. The van der Waals surface area contributed by atoms with Gasteiger partial charge in [0.15, 0.2) is 5.78 Å². The van der Waals surface area contributed by atoms with Crippen LogP contribution in [0.4, 0.5) is 0 Å². The molecule has 0 aromatic heterocycles. The Morgan fingerprint density at radius 2 is 1.44 bits per heavy atom. The van der Waals surface area contributed by atoms with Crippen LogP contribution in [0.25, 0.3) is 0 Å². The highest BCUT2D eigenvalue weighted by atomic mass is 32.2. The number of rotatable bonds is 11. The Labute approximate surface area is 110 Å². The quantitative estimate of drug-likeness (QED) is 0.395. The summed E-state index contributed by atoms with van der Waals surface area (Å²) in [5, 5.41) is 0. The van der Waals surface area contributed by atoms with Gasteiger partial charge in [0.2, 0.25) is 0 Å². The maximum Gasteiger partial charge on any atom is 0.155 e. The van der Waals surface area contributed by atoms with Gasteiger partial charge in [0.1, 0.15) is 4.58 Å². The van der Waals surface area contributed by atoms with Gasteiger partial charge in [0, 0.05) is 6.42 Å². The molecule has 0 saturated carbocycles. The highest BCUT2D eigenvalue weighted by molar-refractivity contribution is 8.17. The number of Topliss-reactive ketones (excluding diaryl/α,β-unsaturated/α-hetero) is 1. The number of thioether (sulfide) groups is 2. The number of carbonyl (C=O) groups is 1. The van der Waals surface area contributed by atoms with Crippen molar-refractivity contribution in [2.45, 2.75) is 62.9 Å². The molecule has 0 aromatic carbocycles. The zero-order valence-corrected chi connectivity index (χ0v) is 12.6. The lowest BCUT2D eigenvalue weighted by Crippen LogP contribution is -2.12. The van der Waals surface area contributed by atoms with E-state index in [-0.39, 0.29) is 4.58 Å². The van der Waals surface area contributed by atoms with Crippen molar-refractivity contribution in [3.05, 3.63) is 0 Å². The van der Waals surface area contributed by atoms with E-state index < -0.39 is 0 Å². The third-order valence-electron chi connectivity index (χ3n) is 2.72. The van der Waals surface area contributed by atoms with Crippen molar-refractivity contribution in [2.24, 2.45) is 0 Å². The molecular formula is C13H26OS2. The Bertz CT molecular complexity index is 167. The Morgan fingerprint density at radius 1 is 0.938 bits per heavy atom. The van der Waals surface area contributed by atoms with E-state index in [1.54, 1.807) is 23.5 Å². The van der Waals surface area contributed by atoms with Gasteiger partial charge in [-0.1, -0.05) is 45.4 Å². The monoisotopic (exact) mass is 262 g/mol. The molecule has 0 atom stereocenters. The summed E-state index contributed by atoms with van der Waals surface area (Å²) in [6.45, 7) is 2.24. The summed E-state index contributed by atoms with van der Waals surface area (Å²) in [6.07, 6.45) is 13.8. The Kier molecular flexibility index (Phi) is 12.1. The van der Waals surface area contributed by atoms with E-state index in [4.69, 9.17) is 0 Å². The first kappa shape index (κ1) is 16.4. The summed E-state index contributed by atoms with van der Waals surface area (Å²) in [7, 11) is 0. The Morgan fingerprint density at radius 3 is 1.94 bits per heavy atom. The predicted molar refractivity (Wildman–Crippen MR) is 78.4 cm³/mol.